The minimum absolute atomic E-state index is 0. The number of anilines is 4. The number of likely N-dealkylation sites (tertiary alicyclic amines) is 1. The van der Waals surface area contributed by atoms with E-state index in [1.165, 1.54) is 58.2 Å². The SMILES string of the molecule is CC[N+]1(C)CCCC1CNc1nc(Nc2ccc(OC)c(F)c2)nc(NC2CCCCCC2)n1.[I-]. The van der Waals surface area contributed by atoms with Gasteiger partial charge in [0, 0.05) is 30.6 Å². The lowest BCUT2D eigenvalue weighted by molar-refractivity contribution is -0.917. The van der Waals surface area contributed by atoms with E-state index >= 15 is 0 Å². The summed E-state index contributed by atoms with van der Waals surface area (Å²) in [6.45, 7) is 5.40. The van der Waals surface area contributed by atoms with Gasteiger partial charge in [0.25, 0.3) is 0 Å². The first-order valence-electron chi connectivity index (χ1n) is 12.7. The van der Waals surface area contributed by atoms with Crippen LogP contribution in [0.25, 0.3) is 0 Å². The Morgan fingerprint density at radius 3 is 2.40 bits per heavy atom. The molecular weight excluding hydrogens is 560 g/mol. The van der Waals surface area contributed by atoms with Crippen molar-refractivity contribution in [2.45, 2.75) is 70.4 Å². The molecule has 3 N–H and O–H groups in total. The molecule has 4 rings (SSSR count). The summed E-state index contributed by atoms with van der Waals surface area (Å²) in [5.41, 5.74) is 0.557. The number of ether oxygens (including phenoxy) is 1. The van der Waals surface area contributed by atoms with Crippen molar-refractivity contribution in [2.24, 2.45) is 0 Å². The molecule has 2 atom stereocenters. The van der Waals surface area contributed by atoms with E-state index < -0.39 is 5.82 Å². The van der Waals surface area contributed by atoms with Gasteiger partial charge in [-0.25, -0.2) is 4.39 Å². The molecule has 0 bridgehead atoms. The highest BCUT2D eigenvalue weighted by atomic mass is 127. The van der Waals surface area contributed by atoms with Crippen LogP contribution in [0.5, 0.6) is 5.75 Å². The van der Waals surface area contributed by atoms with Crippen molar-refractivity contribution in [1.29, 1.82) is 0 Å². The van der Waals surface area contributed by atoms with Crippen molar-refractivity contribution in [3.63, 3.8) is 0 Å². The maximum atomic E-state index is 14.2. The van der Waals surface area contributed by atoms with Crippen molar-refractivity contribution in [2.75, 3.05) is 49.7 Å². The third-order valence-corrected chi connectivity index (χ3v) is 7.54. The largest absolute Gasteiger partial charge is 1.00 e. The van der Waals surface area contributed by atoms with Gasteiger partial charge in [-0.2, -0.15) is 15.0 Å². The molecule has 35 heavy (non-hydrogen) atoms. The fourth-order valence-corrected chi connectivity index (χ4v) is 5.19. The summed E-state index contributed by atoms with van der Waals surface area (Å²) in [6, 6.07) is 5.62. The van der Waals surface area contributed by atoms with Crippen molar-refractivity contribution in [3.8, 4) is 5.75 Å². The first-order chi connectivity index (χ1) is 16.5. The van der Waals surface area contributed by atoms with Crippen LogP contribution in [0.4, 0.5) is 27.9 Å². The molecule has 2 unspecified atom stereocenters. The highest BCUT2D eigenvalue weighted by Gasteiger charge is 2.36. The quantitative estimate of drug-likeness (QED) is 0.231. The van der Waals surface area contributed by atoms with Crippen LogP contribution in [0.2, 0.25) is 0 Å². The molecule has 0 radical (unpaired) electrons. The van der Waals surface area contributed by atoms with Gasteiger partial charge in [0.15, 0.2) is 11.6 Å². The molecule has 2 heterocycles. The van der Waals surface area contributed by atoms with Gasteiger partial charge in [0.2, 0.25) is 17.8 Å². The van der Waals surface area contributed by atoms with E-state index in [2.05, 4.69) is 39.9 Å². The molecule has 2 fully saturated rings. The number of rotatable bonds is 9. The summed E-state index contributed by atoms with van der Waals surface area (Å²) in [5.74, 6) is 1.25. The molecule has 1 aromatic carbocycles. The number of nitrogens with zero attached hydrogens (tertiary/aromatic N) is 4. The van der Waals surface area contributed by atoms with Crippen LogP contribution in [-0.2, 0) is 0 Å². The molecule has 1 saturated heterocycles. The van der Waals surface area contributed by atoms with Crippen molar-refractivity contribution in [1.82, 2.24) is 15.0 Å². The van der Waals surface area contributed by atoms with E-state index in [0.717, 1.165) is 30.4 Å². The summed E-state index contributed by atoms with van der Waals surface area (Å²) >= 11 is 0. The predicted molar refractivity (Wildman–Crippen MR) is 134 cm³/mol. The number of hydrogen-bond acceptors (Lipinski definition) is 7. The van der Waals surface area contributed by atoms with Gasteiger partial charge in [-0.05, 0) is 31.9 Å². The van der Waals surface area contributed by atoms with Gasteiger partial charge in [-0.1, -0.05) is 25.7 Å². The average Bonchev–Trinajstić information content (AvgIpc) is 3.01. The number of likely N-dealkylation sites (N-methyl/N-ethyl adjacent to an activating group) is 1. The zero-order valence-corrected chi connectivity index (χ0v) is 23.3. The fourth-order valence-electron chi connectivity index (χ4n) is 5.19. The Hall–Kier alpha value is -1.95. The van der Waals surface area contributed by atoms with Crippen LogP contribution >= 0.6 is 0 Å². The number of aromatic nitrogens is 3. The maximum Gasteiger partial charge on any atom is 0.233 e. The molecule has 10 heteroatoms. The first kappa shape index (κ1) is 27.6. The van der Waals surface area contributed by atoms with Gasteiger partial charge >= 0.3 is 0 Å². The van der Waals surface area contributed by atoms with Gasteiger partial charge < -0.3 is 49.1 Å². The summed E-state index contributed by atoms with van der Waals surface area (Å²) in [6.07, 6.45) is 9.70. The first-order valence-corrected chi connectivity index (χ1v) is 12.7. The Bertz CT molecular complexity index is 957. The Kier molecular flexibility index (Phi) is 10.1. The molecule has 8 nitrogen and oxygen atoms in total. The van der Waals surface area contributed by atoms with Crippen LogP contribution in [0, 0.1) is 5.82 Å². The zero-order chi connectivity index (χ0) is 24.0. The molecule has 0 amide bonds. The molecule has 1 aliphatic carbocycles. The number of methoxy groups -OCH3 is 1. The summed E-state index contributed by atoms with van der Waals surface area (Å²) in [7, 11) is 3.78. The number of halogens is 2. The molecule has 2 aliphatic rings. The van der Waals surface area contributed by atoms with Crippen molar-refractivity contribution in [3.05, 3.63) is 24.0 Å². The lowest BCUT2D eigenvalue weighted by Gasteiger charge is -2.35. The lowest BCUT2D eigenvalue weighted by atomic mass is 10.1. The Labute approximate surface area is 225 Å². The Morgan fingerprint density at radius 2 is 1.71 bits per heavy atom. The minimum atomic E-state index is -0.436. The van der Waals surface area contributed by atoms with Crippen LogP contribution < -0.4 is 44.7 Å². The molecule has 194 valence electrons. The lowest BCUT2D eigenvalue weighted by Crippen LogP contribution is -3.00. The number of hydrogen-bond donors (Lipinski definition) is 3. The van der Waals surface area contributed by atoms with Gasteiger partial charge in [-0.15, -0.1) is 0 Å². The maximum absolute atomic E-state index is 14.2. The highest BCUT2D eigenvalue weighted by Crippen LogP contribution is 2.26. The average molecular weight is 600 g/mol. The van der Waals surface area contributed by atoms with Crippen LogP contribution in [-0.4, -0.2) is 65.3 Å². The van der Waals surface area contributed by atoms with Crippen LogP contribution in [0.3, 0.4) is 0 Å². The standard InChI is InChI=1S/C25H39FN7O.HI/c1-4-33(2)15-9-12-20(33)17-27-23-30-24(28-18-10-7-5-6-8-11-18)32-25(31-23)29-19-13-14-22(34-3)21(26)16-19;/h13-14,16,18,20H,4-12,15,17H2,1-3H3,(H3,27,28,29,30,31,32);1H/q+1;/p-1. The number of nitrogens with one attached hydrogen (secondary N) is 3. The van der Waals surface area contributed by atoms with E-state index in [1.54, 1.807) is 12.1 Å². The second-order valence-electron chi connectivity index (χ2n) is 9.81. The van der Waals surface area contributed by atoms with Gasteiger partial charge in [-0.3, -0.25) is 0 Å². The third-order valence-electron chi connectivity index (χ3n) is 7.54. The molecule has 2 aromatic rings. The normalized spacial score (nSPS) is 22.7. The van der Waals surface area contributed by atoms with E-state index in [0.29, 0.717) is 35.6 Å². The van der Waals surface area contributed by atoms with Crippen molar-refractivity contribution >= 4 is 23.5 Å². The van der Waals surface area contributed by atoms with Crippen LogP contribution in [0.15, 0.2) is 18.2 Å². The minimum Gasteiger partial charge on any atom is -1.00 e. The fraction of sp³-hybridized carbons (Fsp3) is 0.640. The van der Waals surface area contributed by atoms with Crippen LogP contribution in [0.1, 0.15) is 58.3 Å². The number of quaternary nitrogens is 1. The third kappa shape index (κ3) is 7.28. The molecule has 0 spiro atoms. The van der Waals surface area contributed by atoms with E-state index in [-0.39, 0.29) is 29.7 Å². The summed E-state index contributed by atoms with van der Waals surface area (Å²) < 4.78 is 20.3. The Morgan fingerprint density at radius 1 is 1.00 bits per heavy atom. The van der Waals surface area contributed by atoms with E-state index in [1.807, 2.05) is 0 Å². The molecular formula is C25H39FIN7O. The van der Waals surface area contributed by atoms with E-state index in [4.69, 9.17) is 9.72 Å². The second-order valence-corrected chi connectivity index (χ2v) is 9.81. The molecule has 1 aromatic heterocycles. The van der Waals surface area contributed by atoms with Gasteiger partial charge in [0.05, 0.1) is 33.8 Å². The summed E-state index contributed by atoms with van der Waals surface area (Å²) in [4.78, 5) is 13.9. The Balaban J connectivity index is 0.00000342. The smallest absolute Gasteiger partial charge is 0.233 e. The predicted octanol–water partition coefficient (Wildman–Crippen LogP) is 1.94. The topological polar surface area (TPSA) is 84.0 Å². The molecule has 1 saturated carbocycles. The second kappa shape index (κ2) is 12.8. The molecule has 1 aliphatic heterocycles. The van der Waals surface area contributed by atoms with Gasteiger partial charge in [0.1, 0.15) is 6.04 Å². The number of benzene rings is 1. The zero-order valence-electron chi connectivity index (χ0n) is 21.1. The monoisotopic (exact) mass is 599 g/mol. The van der Waals surface area contributed by atoms with E-state index in [9.17, 15) is 4.39 Å². The summed E-state index contributed by atoms with van der Waals surface area (Å²) in [5, 5.41) is 10.1. The van der Waals surface area contributed by atoms with Crippen molar-refractivity contribution < 1.29 is 37.6 Å². The highest BCUT2D eigenvalue weighted by molar-refractivity contribution is 5.57.